The Balaban J connectivity index is 2.01. The normalized spacial score (nSPS) is 12.0. The van der Waals surface area contributed by atoms with Crippen LogP contribution in [0, 0.1) is 0 Å². The quantitative estimate of drug-likeness (QED) is 0.318. The molecule has 0 aliphatic heterocycles. The van der Waals surface area contributed by atoms with Gasteiger partial charge in [0.15, 0.2) is 21.0 Å². The topological polar surface area (TPSA) is 24.9 Å². The molecule has 0 aliphatic rings. The zero-order valence-corrected chi connectivity index (χ0v) is 20.1. The Morgan fingerprint density at radius 1 is 0.742 bits per heavy atom. The van der Waals surface area contributed by atoms with Crippen LogP contribution in [0.25, 0.3) is 0 Å². The largest absolute Gasteiger partial charge is 0.465 e. The van der Waals surface area contributed by atoms with E-state index in [1.807, 2.05) is 19.9 Å². The number of rotatable bonds is 9. The molecule has 0 N–H and O–H groups in total. The van der Waals surface area contributed by atoms with Gasteiger partial charge in [-0.05, 0) is 74.5 Å². The molecule has 3 aromatic rings. The van der Waals surface area contributed by atoms with Crippen LogP contribution in [-0.4, -0.2) is 41.1 Å². The van der Waals surface area contributed by atoms with Crippen LogP contribution in [0.15, 0.2) is 87.5 Å². The summed E-state index contributed by atoms with van der Waals surface area (Å²) in [6, 6.07) is 26.0. The summed E-state index contributed by atoms with van der Waals surface area (Å²) in [6.07, 6.45) is -0.277. The van der Waals surface area contributed by atoms with E-state index in [0.717, 1.165) is 5.75 Å². The first-order valence-electron chi connectivity index (χ1n) is 10.6. The molecule has 3 rings (SSSR count). The van der Waals surface area contributed by atoms with Gasteiger partial charge in [-0.25, -0.2) is 0 Å². The Hall–Kier alpha value is -2.63. The Labute approximate surface area is 189 Å². The number of ether oxygens (including phenoxy) is 2. The predicted octanol–water partition coefficient (Wildman–Crippen LogP) is 5.68. The van der Waals surface area contributed by atoms with Gasteiger partial charge in [0.2, 0.25) is 0 Å². The van der Waals surface area contributed by atoms with Gasteiger partial charge in [0.1, 0.15) is 5.75 Å². The SMILES string of the molecule is CCOC(C)Oc1cccc([S+](c2ccc(N(C)C)cc2)c2ccc(N(C)C)cc2)c1. The minimum Gasteiger partial charge on any atom is -0.465 e. The molecule has 4 nitrogen and oxygen atoms in total. The first-order valence-corrected chi connectivity index (χ1v) is 11.8. The molecule has 164 valence electrons. The van der Waals surface area contributed by atoms with Gasteiger partial charge in [-0.15, -0.1) is 0 Å². The third-order valence-corrected chi connectivity index (χ3v) is 7.13. The Kier molecular flexibility index (Phi) is 7.88. The van der Waals surface area contributed by atoms with Gasteiger partial charge in [-0.2, -0.15) is 0 Å². The zero-order chi connectivity index (χ0) is 22.4. The molecule has 0 aromatic heterocycles. The second-order valence-electron chi connectivity index (χ2n) is 7.70. The number of anilines is 2. The van der Waals surface area contributed by atoms with Crippen molar-refractivity contribution in [3.8, 4) is 5.75 Å². The van der Waals surface area contributed by atoms with Gasteiger partial charge in [0, 0.05) is 52.2 Å². The second kappa shape index (κ2) is 10.6. The van der Waals surface area contributed by atoms with E-state index in [9.17, 15) is 0 Å². The summed E-state index contributed by atoms with van der Waals surface area (Å²) in [5, 5.41) is 0. The van der Waals surface area contributed by atoms with Crippen molar-refractivity contribution in [2.45, 2.75) is 34.8 Å². The van der Waals surface area contributed by atoms with Crippen LogP contribution < -0.4 is 14.5 Å². The summed E-state index contributed by atoms with van der Waals surface area (Å²) in [5.41, 5.74) is 2.38. The number of nitrogens with zero attached hydrogens (tertiary/aromatic N) is 2. The van der Waals surface area contributed by atoms with E-state index in [0.29, 0.717) is 6.61 Å². The molecule has 1 unspecified atom stereocenters. The highest BCUT2D eigenvalue weighted by Gasteiger charge is 2.29. The Morgan fingerprint density at radius 3 is 1.71 bits per heavy atom. The van der Waals surface area contributed by atoms with Crippen molar-refractivity contribution in [1.29, 1.82) is 0 Å². The van der Waals surface area contributed by atoms with E-state index in [4.69, 9.17) is 9.47 Å². The van der Waals surface area contributed by atoms with Crippen LogP contribution in [0.3, 0.4) is 0 Å². The molecule has 0 saturated heterocycles. The molecule has 0 amide bonds. The van der Waals surface area contributed by atoms with Crippen LogP contribution in [0.4, 0.5) is 11.4 Å². The predicted molar refractivity (Wildman–Crippen MR) is 132 cm³/mol. The maximum absolute atomic E-state index is 5.99. The lowest BCUT2D eigenvalue weighted by Gasteiger charge is -2.16. The monoisotopic (exact) mass is 437 g/mol. The van der Waals surface area contributed by atoms with Crippen LogP contribution in [0.5, 0.6) is 5.75 Å². The zero-order valence-electron chi connectivity index (χ0n) is 19.3. The molecule has 1 atom stereocenters. The Morgan fingerprint density at radius 2 is 1.26 bits per heavy atom. The standard InChI is InChI=1S/C26H33N2O2S/c1-7-29-20(2)30-23-9-8-10-26(19-23)31(24-15-11-21(12-16-24)27(3)4)25-17-13-22(14-18-25)28(5)6/h8-20H,7H2,1-6H3/q+1. The highest BCUT2D eigenvalue weighted by Crippen LogP contribution is 2.34. The van der Waals surface area contributed by atoms with E-state index in [1.54, 1.807) is 0 Å². The average molecular weight is 438 g/mol. The van der Waals surface area contributed by atoms with Crippen LogP contribution in [0.1, 0.15) is 13.8 Å². The molecule has 31 heavy (non-hydrogen) atoms. The first-order chi connectivity index (χ1) is 14.9. The van der Waals surface area contributed by atoms with E-state index in [1.165, 1.54) is 26.1 Å². The summed E-state index contributed by atoms with van der Waals surface area (Å²) < 4.78 is 11.5. The highest BCUT2D eigenvalue weighted by molar-refractivity contribution is 7.97. The molecule has 0 heterocycles. The fourth-order valence-corrected chi connectivity index (χ4v) is 5.39. The van der Waals surface area contributed by atoms with Crippen molar-refractivity contribution < 1.29 is 9.47 Å². The van der Waals surface area contributed by atoms with Gasteiger partial charge >= 0.3 is 0 Å². The van der Waals surface area contributed by atoms with Crippen molar-refractivity contribution in [2.75, 3.05) is 44.6 Å². The van der Waals surface area contributed by atoms with Crippen LogP contribution in [0.2, 0.25) is 0 Å². The van der Waals surface area contributed by atoms with Gasteiger partial charge in [0.25, 0.3) is 0 Å². The minimum absolute atomic E-state index is 0.244. The van der Waals surface area contributed by atoms with E-state index < -0.39 is 0 Å². The van der Waals surface area contributed by atoms with Gasteiger partial charge in [-0.3, -0.25) is 0 Å². The fourth-order valence-electron chi connectivity index (χ4n) is 3.30. The lowest BCUT2D eigenvalue weighted by molar-refractivity contribution is -0.0614. The number of hydrogen-bond donors (Lipinski definition) is 0. The van der Waals surface area contributed by atoms with Crippen molar-refractivity contribution >= 4 is 22.3 Å². The molecule has 0 bridgehead atoms. The molecular formula is C26H33N2O2S+. The lowest BCUT2D eigenvalue weighted by atomic mass is 10.3. The molecule has 0 fully saturated rings. The highest BCUT2D eigenvalue weighted by atomic mass is 32.2. The molecule has 5 heteroatoms. The van der Waals surface area contributed by atoms with Crippen molar-refractivity contribution in [2.24, 2.45) is 0 Å². The molecule has 0 saturated carbocycles. The molecule has 0 aliphatic carbocycles. The minimum atomic E-state index is -0.277. The number of hydrogen-bond acceptors (Lipinski definition) is 4. The van der Waals surface area contributed by atoms with Crippen molar-refractivity contribution in [3.63, 3.8) is 0 Å². The van der Waals surface area contributed by atoms with E-state index >= 15 is 0 Å². The third kappa shape index (κ3) is 5.96. The molecule has 0 radical (unpaired) electrons. The molecule has 3 aromatic carbocycles. The maximum Gasteiger partial charge on any atom is 0.196 e. The smallest absolute Gasteiger partial charge is 0.196 e. The number of benzene rings is 3. The van der Waals surface area contributed by atoms with E-state index in [-0.39, 0.29) is 17.2 Å². The summed E-state index contributed by atoms with van der Waals surface area (Å²) in [7, 11) is 8.01. The maximum atomic E-state index is 5.99. The summed E-state index contributed by atoms with van der Waals surface area (Å²) in [6.45, 7) is 4.53. The van der Waals surface area contributed by atoms with Crippen molar-refractivity contribution in [1.82, 2.24) is 0 Å². The molecular weight excluding hydrogens is 404 g/mol. The van der Waals surface area contributed by atoms with Gasteiger partial charge < -0.3 is 19.3 Å². The summed E-state index contributed by atoms with van der Waals surface area (Å²) >= 11 is 0. The average Bonchev–Trinajstić information content (AvgIpc) is 2.75. The summed E-state index contributed by atoms with van der Waals surface area (Å²) in [5.74, 6) is 0.825. The fraction of sp³-hybridized carbons (Fsp3) is 0.308. The van der Waals surface area contributed by atoms with Gasteiger partial charge in [-0.1, -0.05) is 6.07 Å². The van der Waals surface area contributed by atoms with Crippen LogP contribution in [-0.2, 0) is 15.6 Å². The van der Waals surface area contributed by atoms with E-state index in [2.05, 4.69) is 105 Å². The Bertz CT molecular complexity index is 904. The van der Waals surface area contributed by atoms with Crippen LogP contribution >= 0.6 is 0 Å². The second-order valence-corrected chi connectivity index (χ2v) is 9.73. The summed E-state index contributed by atoms with van der Waals surface area (Å²) in [4.78, 5) is 8.02. The third-order valence-electron chi connectivity index (χ3n) is 4.92. The first kappa shape index (κ1) is 23.0. The van der Waals surface area contributed by atoms with Crippen molar-refractivity contribution in [3.05, 3.63) is 72.8 Å². The molecule has 0 spiro atoms. The van der Waals surface area contributed by atoms with Gasteiger partial charge in [0.05, 0.1) is 10.9 Å². The lowest BCUT2D eigenvalue weighted by Crippen LogP contribution is -2.16.